The highest BCUT2D eigenvalue weighted by atomic mass is 32.2. The summed E-state index contributed by atoms with van der Waals surface area (Å²) in [5.74, 6) is 2.25. The standard InChI is InChI=1S/C15H32N2S/c1-5-9-16-14-8-7-13(6-2)12-15(14)18-11-10-17(3)4/h13-16H,5-12H2,1-4H3. The molecule has 1 rings (SSSR count). The third-order valence-electron chi connectivity index (χ3n) is 4.00. The molecule has 0 aromatic rings. The van der Waals surface area contributed by atoms with Crippen molar-refractivity contribution in [3.05, 3.63) is 0 Å². The number of nitrogens with one attached hydrogen (secondary N) is 1. The lowest BCUT2D eigenvalue weighted by atomic mass is 9.84. The van der Waals surface area contributed by atoms with Crippen molar-refractivity contribution in [3.8, 4) is 0 Å². The van der Waals surface area contributed by atoms with E-state index in [0.717, 1.165) is 17.2 Å². The molecule has 0 aliphatic heterocycles. The predicted octanol–water partition coefficient (Wildman–Crippen LogP) is 3.23. The quantitative estimate of drug-likeness (QED) is 0.730. The van der Waals surface area contributed by atoms with Crippen molar-refractivity contribution >= 4 is 11.8 Å². The monoisotopic (exact) mass is 272 g/mol. The number of hydrogen-bond acceptors (Lipinski definition) is 3. The van der Waals surface area contributed by atoms with Gasteiger partial charge in [-0.1, -0.05) is 20.3 Å². The summed E-state index contributed by atoms with van der Waals surface area (Å²) >= 11 is 2.20. The SMILES string of the molecule is CCCNC1CCC(CC)CC1SCCN(C)C. The van der Waals surface area contributed by atoms with Crippen molar-refractivity contribution in [2.75, 3.05) is 32.9 Å². The van der Waals surface area contributed by atoms with Gasteiger partial charge in [0.1, 0.15) is 0 Å². The molecule has 0 spiro atoms. The fourth-order valence-corrected chi connectivity index (χ4v) is 4.36. The maximum Gasteiger partial charge on any atom is 0.0204 e. The summed E-state index contributed by atoms with van der Waals surface area (Å²) in [7, 11) is 4.34. The molecule has 0 bridgehead atoms. The largest absolute Gasteiger partial charge is 0.313 e. The zero-order valence-electron chi connectivity index (χ0n) is 12.7. The molecule has 1 saturated carbocycles. The Labute approximate surface area is 118 Å². The fraction of sp³-hybridized carbons (Fsp3) is 1.00. The van der Waals surface area contributed by atoms with Crippen molar-refractivity contribution in [1.82, 2.24) is 10.2 Å². The van der Waals surface area contributed by atoms with Gasteiger partial charge in [0.25, 0.3) is 0 Å². The lowest BCUT2D eigenvalue weighted by Gasteiger charge is -2.36. The number of hydrogen-bond donors (Lipinski definition) is 1. The second-order valence-electron chi connectivity index (χ2n) is 5.86. The van der Waals surface area contributed by atoms with Crippen LogP contribution in [0.3, 0.4) is 0 Å². The van der Waals surface area contributed by atoms with Crippen LogP contribution in [-0.4, -0.2) is 49.1 Å². The van der Waals surface area contributed by atoms with Crippen LogP contribution in [0.4, 0.5) is 0 Å². The van der Waals surface area contributed by atoms with Gasteiger partial charge in [-0.15, -0.1) is 0 Å². The zero-order valence-corrected chi connectivity index (χ0v) is 13.6. The molecule has 1 aliphatic carbocycles. The van der Waals surface area contributed by atoms with E-state index in [1.807, 2.05) is 0 Å². The normalized spacial score (nSPS) is 28.8. The Bertz CT molecular complexity index is 209. The molecule has 1 N–H and O–H groups in total. The summed E-state index contributed by atoms with van der Waals surface area (Å²) in [5.41, 5.74) is 0. The molecule has 1 fully saturated rings. The average molecular weight is 273 g/mol. The van der Waals surface area contributed by atoms with Crippen LogP contribution in [0.25, 0.3) is 0 Å². The number of rotatable bonds is 8. The van der Waals surface area contributed by atoms with E-state index in [1.54, 1.807) is 0 Å². The Hall–Kier alpha value is 0.270. The molecule has 1 aliphatic rings. The van der Waals surface area contributed by atoms with Gasteiger partial charge < -0.3 is 10.2 Å². The lowest BCUT2D eigenvalue weighted by molar-refractivity contribution is 0.295. The molecule has 0 amide bonds. The summed E-state index contributed by atoms with van der Waals surface area (Å²) in [6.07, 6.45) is 6.87. The predicted molar refractivity (Wildman–Crippen MR) is 84.5 cm³/mol. The maximum absolute atomic E-state index is 3.77. The van der Waals surface area contributed by atoms with Gasteiger partial charge in [-0.25, -0.2) is 0 Å². The van der Waals surface area contributed by atoms with Crippen molar-refractivity contribution in [1.29, 1.82) is 0 Å². The van der Waals surface area contributed by atoms with Crippen molar-refractivity contribution in [2.24, 2.45) is 5.92 Å². The summed E-state index contributed by atoms with van der Waals surface area (Å²) < 4.78 is 0. The molecule has 0 aromatic carbocycles. The zero-order chi connectivity index (χ0) is 13.4. The molecule has 3 heteroatoms. The van der Waals surface area contributed by atoms with Gasteiger partial charge in [0, 0.05) is 23.6 Å². The minimum Gasteiger partial charge on any atom is -0.313 e. The van der Waals surface area contributed by atoms with Gasteiger partial charge in [-0.3, -0.25) is 0 Å². The Kier molecular flexibility index (Phi) is 8.36. The molecule has 18 heavy (non-hydrogen) atoms. The Morgan fingerprint density at radius 1 is 1.22 bits per heavy atom. The molecular formula is C15H32N2S. The smallest absolute Gasteiger partial charge is 0.0204 e. The average Bonchev–Trinajstić information content (AvgIpc) is 2.36. The van der Waals surface area contributed by atoms with E-state index in [-0.39, 0.29) is 0 Å². The highest BCUT2D eigenvalue weighted by molar-refractivity contribution is 8.00. The van der Waals surface area contributed by atoms with E-state index in [1.165, 1.54) is 50.9 Å². The first-order valence-corrected chi connectivity index (χ1v) is 8.71. The van der Waals surface area contributed by atoms with E-state index < -0.39 is 0 Å². The molecule has 0 aromatic heterocycles. The second-order valence-corrected chi connectivity index (χ2v) is 7.21. The Morgan fingerprint density at radius 2 is 2.00 bits per heavy atom. The number of thioether (sulfide) groups is 1. The summed E-state index contributed by atoms with van der Waals surface area (Å²) in [5, 5.41) is 4.61. The van der Waals surface area contributed by atoms with Crippen molar-refractivity contribution < 1.29 is 0 Å². The van der Waals surface area contributed by atoms with Gasteiger partial charge in [-0.05, 0) is 52.2 Å². The van der Waals surface area contributed by atoms with Gasteiger partial charge >= 0.3 is 0 Å². The molecule has 3 unspecified atom stereocenters. The minimum atomic E-state index is 0.764. The minimum absolute atomic E-state index is 0.764. The van der Waals surface area contributed by atoms with Crippen LogP contribution in [0.1, 0.15) is 46.0 Å². The summed E-state index contributed by atoms with van der Waals surface area (Å²) in [6, 6.07) is 0.764. The van der Waals surface area contributed by atoms with Crippen LogP contribution in [0.5, 0.6) is 0 Å². The molecule has 2 nitrogen and oxygen atoms in total. The Balaban J connectivity index is 2.38. The molecule has 3 atom stereocenters. The van der Waals surface area contributed by atoms with E-state index >= 15 is 0 Å². The summed E-state index contributed by atoms with van der Waals surface area (Å²) in [6.45, 7) is 7.01. The van der Waals surface area contributed by atoms with E-state index in [2.05, 4.69) is 49.9 Å². The van der Waals surface area contributed by atoms with Gasteiger partial charge in [0.05, 0.1) is 0 Å². The van der Waals surface area contributed by atoms with E-state index in [9.17, 15) is 0 Å². The molecule has 0 radical (unpaired) electrons. The van der Waals surface area contributed by atoms with Crippen molar-refractivity contribution in [3.63, 3.8) is 0 Å². The van der Waals surface area contributed by atoms with Crippen molar-refractivity contribution in [2.45, 2.75) is 57.2 Å². The first kappa shape index (κ1) is 16.3. The second kappa shape index (κ2) is 9.22. The third-order valence-corrected chi connectivity index (χ3v) is 5.37. The molecule has 0 heterocycles. The van der Waals surface area contributed by atoms with Crippen LogP contribution in [0, 0.1) is 5.92 Å². The highest BCUT2D eigenvalue weighted by Gasteiger charge is 2.29. The fourth-order valence-electron chi connectivity index (χ4n) is 2.72. The van der Waals surface area contributed by atoms with Gasteiger partial charge in [-0.2, -0.15) is 11.8 Å². The van der Waals surface area contributed by atoms with Gasteiger partial charge in [0.2, 0.25) is 0 Å². The highest BCUT2D eigenvalue weighted by Crippen LogP contribution is 2.34. The maximum atomic E-state index is 3.77. The summed E-state index contributed by atoms with van der Waals surface area (Å²) in [4.78, 5) is 2.29. The molecule has 0 saturated heterocycles. The van der Waals surface area contributed by atoms with Crippen LogP contribution in [0.2, 0.25) is 0 Å². The third kappa shape index (κ3) is 5.94. The van der Waals surface area contributed by atoms with E-state index in [4.69, 9.17) is 0 Å². The first-order valence-electron chi connectivity index (χ1n) is 7.67. The van der Waals surface area contributed by atoms with Crippen LogP contribution in [0.15, 0.2) is 0 Å². The van der Waals surface area contributed by atoms with Gasteiger partial charge in [0.15, 0.2) is 0 Å². The van der Waals surface area contributed by atoms with Crippen LogP contribution >= 0.6 is 11.8 Å². The molecular weight excluding hydrogens is 240 g/mol. The van der Waals surface area contributed by atoms with Crippen LogP contribution < -0.4 is 5.32 Å². The van der Waals surface area contributed by atoms with Crippen LogP contribution in [-0.2, 0) is 0 Å². The Morgan fingerprint density at radius 3 is 2.61 bits per heavy atom. The van der Waals surface area contributed by atoms with E-state index in [0.29, 0.717) is 0 Å². The lowest BCUT2D eigenvalue weighted by Crippen LogP contribution is -2.43. The molecule has 108 valence electrons. The number of nitrogens with zero attached hydrogens (tertiary/aromatic N) is 1. The first-order chi connectivity index (χ1) is 8.67. The topological polar surface area (TPSA) is 15.3 Å².